The van der Waals surface area contributed by atoms with Gasteiger partial charge in [0.05, 0.1) is 5.69 Å². The van der Waals surface area contributed by atoms with Gasteiger partial charge in [-0.3, -0.25) is 0 Å². The van der Waals surface area contributed by atoms with E-state index in [1.54, 1.807) is 0 Å². The van der Waals surface area contributed by atoms with Gasteiger partial charge in [0.15, 0.2) is 0 Å². The summed E-state index contributed by atoms with van der Waals surface area (Å²) in [5, 5.41) is 1.39. The average Bonchev–Trinajstić information content (AvgIpc) is 2.74. The molecule has 1 aromatic heterocycles. The van der Waals surface area contributed by atoms with Crippen molar-refractivity contribution in [3.05, 3.63) is 60.2 Å². The van der Waals surface area contributed by atoms with E-state index in [1.165, 1.54) is 34.1 Å². The van der Waals surface area contributed by atoms with Gasteiger partial charge in [-0.15, -0.1) is 0 Å². The lowest BCUT2D eigenvalue weighted by Crippen LogP contribution is -1.94. The van der Waals surface area contributed by atoms with Crippen LogP contribution in [0.1, 0.15) is 18.9 Å². The highest BCUT2D eigenvalue weighted by Crippen LogP contribution is 2.33. The Kier molecular flexibility index (Phi) is 3.12. The Hall–Kier alpha value is -2.02. The normalized spacial score (nSPS) is 11.1. The SMILES string of the molecule is CCCc1c(-c2ccccc2)n(C)c2ccccc12. The highest BCUT2D eigenvalue weighted by Gasteiger charge is 2.14. The summed E-state index contributed by atoms with van der Waals surface area (Å²) in [6.45, 7) is 2.25. The first-order valence-corrected chi connectivity index (χ1v) is 6.94. The molecule has 1 heterocycles. The smallest absolute Gasteiger partial charge is 0.0521 e. The number of rotatable bonds is 3. The van der Waals surface area contributed by atoms with Gasteiger partial charge in [-0.2, -0.15) is 0 Å². The third-order valence-corrected chi connectivity index (χ3v) is 3.76. The van der Waals surface area contributed by atoms with Gasteiger partial charge in [0.2, 0.25) is 0 Å². The molecule has 96 valence electrons. The largest absolute Gasteiger partial charge is 0.343 e. The molecule has 0 aliphatic heterocycles. The highest BCUT2D eigenvalue weighted by atomic mass is 14.9. The molecule has 0 aliphatic carbocycles. The van der Waals surface area contributed by atoms with Crippen LogP contribution >= 0.6 is 0 Å². The van der Waals surface area contributed by atoms with Gasteiger partial charge >= 0.3 is 0 Å². The average molecular weight is 249 g/mol. The van der Waals surface area contributed by atoms with Gasteiger partial charge in [-0.1, -0.05) is 61.9 Å². The van der Waals surface area contributed by atoms with Crippen LogP contribution in [0.15, 0.2) is 54.6 Å². The van der Waals surface area contributed by atoms with Crippen LogP contribution in [0.3, 0.4) is 0 Å². The van der Waals surface area contributed by atoms with Crippen molar-refractivity contribution < 1.29 is 0 Å². The minimum Gasteiger partial charge on any atom is -0.343 e. The molecule has 0 radical (unpaired) electrons. The fraction of sp³-hybridized carbons (Fsp3) is 0.222. The molecule has 0 saturated carbocycles. The second-order valence-electron chi connectivity index (χ2n) is 5.02. The predicted octanol–water partition coefficient (Wildman–Crippen LogP) is 4.80. The zero-order valence-corrected chi connectivity index (χ0v) is 11.6. The predicted molar refractivity (Wildman–Crippen MR) is 82.4 cm³/mol. The maximum absolute atomic E-state index is 2.33. The molecule has 3 rings (SSSR count). The summed E-state index contributed by atoms with van der Waals surface area (Å²) in [7, 11) is 2.17. The number of para-hydroxylation sites is 1. The summed E-state index contributed by atoms with van der Waals surface area (Å²) in [6, 6.07) is 19.4. The van der Waals surface area contributed by atoms with E-state index < -0.39 is 0 Å². The fourth-order valence-corrected chi connectivity index (χ4v) is 2.94. The lowest BCUT2D eigenvalue weighted by molar-refractivity contribution is 0.909. The van der Waals surface area contributed by atoms with Crippen molar-refractivity contribution in [3.63, 3.8) is 0 Å². The molecule has 0 spiro atoms. The Bertz CT molecular complexity index is 692. The monoisotopic (exact) mass is 249 g/mol. The standard InChI is InChI=1S/C18H19N/c1-3-9-16-15-12-7-8-13-17(15)19(2)18(16)14-10-5-4-6-11-14/h4-8,10-13H,3,9H2,1-2H3. The summed E-state index contributed by atoms with van der Waals surface area (Å²) >= 11 is 0. The van der Waals surface area contributed by atoms with Crippen LogP contribution in [-0.4, -0.2) is 4.57 Å². The number of hydrogen-bond donors (Lipinski definition) is 0. The zero-order chi connectivity index (χ0) is 13.2. The third-order valence-electron chi connectivity index (χ3n) is 3.76. The van der Waals surface area contributed by atoms with E-state index in [4.69, 9.17) is 0 Å². The number of nitrogens with zero attached hydrogens (tertiary/aromatic N) is 1. The van der Waals surface area contributed by atoms with E-state index in [9.17, 15) is 0 Å². The molecule has 1 nitrogen and oxygen atoms in total. The molecular weight excluding hydrogens is 230 g/mol. The Balaban J connectivity index is 2.34. The summed E-state index contributed by atoms with van der Waals surface area (Å²) in [4.78, 5) is 0. The van der Waals surface area contributed by atoms with E-state index in [1.807, 2.05) is 0 Å². The number of benzene rings is 2. The number of hydrogen-bond acceptors (Lipinski definition) is 0. The summed E-state index contributed by atoms with van der Waals surface area (Å²) in [5.41, 5.74) is 5.48. The number of fused-ring (bicyclic) bond motifs is 1. The van der Waals surface area contributed by atoms with Gasteiger partial charge < -0.3 is 4.57 Å². The fourth-order valence-electron chi connectivity index (χ4n) is 2.94. The van der Waals surface area contributed by atoms with Crippen LogP contribution in [0.5, 0.6) is 0 Å². The molecule has 0 N–H and O–H groups in total. The highest BCUT2D eigenvalue weighted by molar-refractivity contribution is 5.91. The van der Waals surface area contributed by atoms with Crippen molar-refractivity contribution in [1.82, 2.24) is 4.57 Å². The zero-order valence-electron chi connectivity index (χ0n) is 11.6. The molecule has 0 atom stereocenters. The number of aryl methyl sites for hydroxylation is 2. The molecule has 0 bridgehead atoms. The van der Waals surface area contributed by atoms with Gasteiger partial charge in [-0.25, -0.2) is 0 Å². The van der Waals surface area contributed by atoms with Gasteiger partial charge in [0, 0.05) is 18.0 Å². The van der Waals surface area contributed by atoms with Crippen molar-refractivity contribution >= 4 is 10.9 Å². The Morgan fingerprint density at radius 3 is 2.32 bits per heavy atom. The lowest BCUT2D eigenvalue weighted by Gasteiger charge is -2.07. The number of aromatic nitrogens is 1. The minimum absolute atomic E-state index is 1.13. The maximum Gasteiger partial charge on any atom is 0.0521 e. The van der Waals surface area contributed by atoms with Crippen LogP contribution in [0, 0.1) is 0 Å². The quantitative estimate of drug-likeness (QED) is 0.628. The molecule has 0 fully saturated rings. The van der Waals surface area contributed by atoms with Gasteiger partial charge in [0.25, 0.3) is 0 Å². The third kappa shape index (κ3) is 1.95. The molecule has 1 heteroatoms. The first-order valence-electron chi connectivity index (χ1n) is 6.94. The van der Waals surface area contributed by atoms with Crippen molar-refractivity contribution in [2.45, 2.75) is 19.8 Å². The van der Waals surface area contributed by atoms with E-state index in [-0.39, 0.29) is 0 Å². The molecule has 0 amide bonds. The topological polar surface area (TPSA) is 4.93 Å². The molecule has 0 saturated heterocycles. The molecule has 2 aromatic carbocycles. The Labute approximate surface area is 114 Å². The minimum atomic E-state index is 1.13. The summed E-state index contributed by atoms with van der Waals surface area (Å²) in [6.07, 6.45) is 2.30. The molecule has 3 aromatic rings. The maximum atomic E-state index is 2.33. The second-order valence-corrected chi connectivity index (χ2v) is 5.02. The summed E-state index contributed by atoms with van der Waals surface area (Å²) in [5.74, 6) is 0. The first kappa shape index (κ1) is 12.0. The van der Waals surface area contributed by atoms with Crippen molar-refractivity contribution in [2.75, 3.05) is 0 Å². The van der Waals surface area contributed by atoms with Crippen LogP contribution in [0.4, 0.5) is 0 Å². The Morgan fingerprint density at radius 1 is 0.895 bits per heavy atom. The molecular formula is C18H19N. The Morgan fingerprint density at radius 2 is 1.58 bits per heavy atom. The van der Waals surface area contributed by atoms with E-state index >= 15 is 0 Å². The molecule has 0 unspecified atom stereocenters. The van der Waals surface area contributed by atoms with E-state index in [2.05, 4.69) is 73.1 Å². The lowest BCUT2D eigenvalue weighted by atomic mass is 10.0. The van der Waals surface area contributed by atoms with Crippen molar-refractivity contribution in [2.24, 2.45) is 7.05 Å². The van der Waals surface area contributed by atoms with Crippen LogP contribution in [0.25, 0.3) is 22.2 Å². The molecule has 0 aliphatic rings. The summed E-state index contributed by atoms with van der Waals surface area (Å²) < 4.78 is 2.33. The van der Waals surface area contributed by atoms with E-state index in [0.29, 0.717) is 0 Å². The first-order chi connectivity index (χ1) is 9.33. The van der Waals surface area contributed by atoms with Gasteiger partial charge in [-0.05, 0) is 23.6 Å². The van der Waals surface area contributed by atoms with Gasteiger partial charge in [0.1, 0.15) is 0 Å². The molecule has 19 heavy (non-hydrogen) atoms. The van der Waals surface area contributed by atoms with Crippen molar-refractivity contribution in [3.8, 4) is 11.3 Å². The van der Waals surface area contributed by atoms with Crippen molar-refractivity contribution in [1.29, 1.82) is 0 Å². The van der Waals surface area contributed by atoms with Crippen LogP contribution in [0.2, 0.25) is 0 Å². The van der Waals surface area contributed by atoms with Crippen LogP contribution < -0.4 is 0 Å². The van der Waals surface area contributed by atoms with E-state index in [0.717, 1.165) is 6.42 Å². The second kappa shape index (κ2) is 4.93. The van der Waals surface area contributed by atoms with Crippen LogP contribution in [-0.2, 0) is 13.5 Å².